The van der Waals surface area contributed by atoms with Crippen LogP contribution in [0.5, 0.6) is 0 Å². The quantitative estimate of drug-likeness (QED) is 0.678. The molecule has 3 atom stereocenters. The molecule has 2 fully saturated rings. The third-order valence-electron chi connectivity index (χ3n) is 4.29. The number of carboxylic acid groups (broad SMARTS) is 1. The lowest BCUT2D eigenvalue weighted by Gasteiger charge is -2.31. The van der Waals surface area contributed by atoms with Crippen molar-refractivity contribution in [3.05, 3.63) is 0 Å². The van der Waals surface area contributed by atoms with Crippen molar-refractivity contribution in [2.75, 3.05) is 0 Å². The zero-order chi connectivity index (χ0) is 10.6. The molecule has 0 aromatic carbocycles. The van der Waals surface area contributed by atoms with E-state index in [1.807, 2.05) is 0 Å². The minimum atomic E-state index is -0.868. The maximum atomic E-state index is 10.6. The van der Waals surface area contributed by atoms with E-state index in [0.29, 0.717) is 5.92 Å². The van der Waals surface area contributed by atoms with Gasteiger partial charge in [-0.25, -0.2) is 4.79 Å². The van der Waals surface area contributed by atoms with Crippen molar-refractivity contribution < 1.29 is 9.90 Å². The zero-order valence-corrected chi connectivity index (χ0v) is 9.13. The summed E-state index contributed by atoms with van der Waals surface area (Å²) in [6.45, 7) is 6.69. The highest BCUT2D eigenvalue weighted by atomic mass is 16.4. The second-order valence-corrected chi connectivity index (χ2v) is 5.72. The van der Waals surface area contributed by atoms with E-state index in [4.69, 9.17) is 5.11 Å². The maximum absolute atomic E-state index is 10.6. The molecule has 3 heteroatoms. The van der Waals surface area contributed by atoms with Crippen LogP contribution in [-0.4, -0.2) is 17.2 Å². The lowest BCUT2D eigenvalue weighted by atomic mass is 9.75. The van der Waals surface area contributed by atoms with Gasteiger partial charge in [-0.2, -0.15) is 0 Å². The predicted octanol–water partition coefficient (Wildman–Crippen LogP) is 2.47. The van der Waals surface area contributed by atoms with Gasteiger partial charge in [0.25, 0.3) is 0 Å². The molecule has 2 aliphatic carbocycles. The number of nitrogens with one attached hydrogen (secondary N) is 1. The summed E-state index contributed by atoms with van der Waals surface area (Å²) in [5.74, 6) is 0.596. The van der Waals surface area contributed by atoms with Crippen molar-refractivity contribution in [2.24, 2.45) is 16.7 Å². The van der Waals surface area contributed by atoms with Crippen molar-refractivity contribution in [2.45, 2.75) is 46.1 Å². The molecule has 2 N–H and O–H groups in total. The van der Waals surface area contributed by atoms with Gasteiger partial charge in [-0.15, -0.1) is 0 Å². The van der Waals surface area contributed by atoms with Gasteiger partial charge in [-0.1, -0.05) is 27.2 Å². The van der Waals surface area contributed by atoms with Crippen LogP contribution < -0.4 is 5.32 Å². The molecule has 0 aliphatic heterocycles. The minimum Gasteiger partial charge on any atom is -0.465 e. The van der Waals surface area contributed by atoms with Crippen LogP contribution >= 0.6 is 0 Å². The molecule has 0 saturated heterocycles. The van der Waals surface area contributed by atoms with E-state index in [1.54, 1.807) is 0 Å². The van der Waals surface area contributed by atoms with Gasteiger partial charge in [0.05, 0.1) is 0 Å². The van der Waals surface area contributed by atoms with Crippen molar-refractivity contribution in [1.29, 1.82) is 0 Å². The van der Waals surface area contributed by atoms with Crippen molar-refractivity contribution in [3.8, 4) is 0 Å². The van der Waals surface area contributed by atoms with E-state index in [2.05, 4.69) is 26.1 Å². The van der Waals surface area contributed by atoms with Crippen molar-refractivity contribution in [3.63, 3.8) is 0 Å². The summed E-state index contributed by atoms with van der Waals surface area (Å²) >= 11 is 0. The third-order valence-corrected chi connectivity index (χ3v) is 4.29. The summed E-state index contributed by atoms with van der Waals surface area (Å²) in [5.41, 5.74) is 0.479. The Balaban J connectivity index is 2.15. The Hall–Kier alpha value is -0.730. The van der Waals surface area contributed by atoms with Crippen LogP contribution in [0.2, 0.25) is 0 Å². The molecule has 14 heavy (non-hydrogen) atoms. The molecule has 2 saturated carbocycles. The number of rotatable bonds is 1. The van der Waals surface area contributed by atoms with Crippen molar-refractivity contribution >= 4 is 6.09 Å². The predicted molar refractivity (Wildman–Crippen MR) is 54.2 cm³/mol. The van der Waals surface area contributed by atoms with E-state index in [1.165, 1.54) is 19.3 Å². The number of hydrogen-bond donors (Lipinski definition) is 2. The Labute approximate surface area is 84.9 Å². The SMILES string of the molecule is CC(C)(C)[C@@]12CCC[C@@H]1[C@H]2NC(=O)O. The average molecular weight is 197 g/mol. The van der Waals surface area contributed by atoms with Gasteiger partial charge in [0.2, 0.25) is 0 Å². The molecular weight excluding hydrogens is 178 g/mol. The fourth-order valence-electron chi connectivity index (χ4n) is 3.66. The second-order valence-electron chi connectivity index (χ2n) is 5.72. The van der Waals surface area contributed by atoms with Gasteiger partial charge < -0.3 is 10.4 Å². The molecule has 0 radical (unpaired) electrons. The highest BCUT2D eigenvalue weighted by Gasteiger charge is 2.71. The van der Waals surface area contributed by atoms with E-state index in [9.17, 15) is 4.79 Å². The van der Waals surface area contributed by atoms with Crippen LogP contribution in [0, 0.1) is 16.7 Å². The highest BCUT2D eigenvalue weighted by Crippen LogP contribution is 2.71. The first-order chi connectivity index (χ1) is 6.39. The molecule has 0 aromatic rings. The fraction of sp³-hybridized carbons (Fsp3) is 0.909. The summed E-state index contributed by atoms with van der Waals surface area (Å²) in [5, 5.41) is 11.4. The van der Waals surface area contributed by atoms with Gasteiger partial charge in [0.1, 0.15) is 0 Å². The van der Waals surface area contributed by atoms with Gasteiger partial charge in [-0.05, 0) is 24.2 Å². The Bertz CT molecular complexity index is 269. The molecule has 80 valence electrons. The summed E-state index contributed by atoms with van der Waals surface area (Å²) < 4.78 is 0. The summed E-state index contributed by atoms with van der Waals surface area (Å²) in [4.78, 5) is 10.6. The normalized spacial score (nSPS) is 40.5. The number of hydrogen-bond acceptors (Lipinski definition) is 1. The zero-order valence-electron chi connectivity index (χ0n) is 9.13. The van der Waals surface area contributed by atoms with E-state index in [0.717, 1.165) is 0 Å². The third kappa shape index (κ3) is 1.07. The number of carbonyl (C=O) groups is 1. The summed E-state index contributed by atoms with van der Waals surface area (Å²) in [6.07, 6.45) is 2.78. The molecule has 2 aliphatic rings. The lowest BCUT2D eigenvalue weighted by molar-refractivity contribution is 0.172. The molecule has 0 spiro atoms. The minimum absolute atomic E-state index is 0.216. The summed E-state index contributed by atoms with van der Waals surface area (Å²) in [6, 6.07) is 0.216. The number of amides is 1. The smallest absolute Gasteiger partial charge is 0.404 e. The topological polar surface area (TPSA) is 49.3 Å². The van der Waals surface area contributed by atoms with Crippen LogP contribution in [0.25, 0.3) is 0 Å². The lowest BCUT2D eigenvalue weighted by Crippen LogP contribution is -2.34. The van der Waals surface area contributed by atoms with Crippen molar-refractivity contribution in [1.82, 2.24) is 5.32 Å². The molecule has 3 nitrogen and oxygen atoms in total. The Morgan fingerprint density at radius 2 is 2.14 bits per heavy atom. The first-order valence-corrected chi connectivity index (χ1v) is 5.39. The van der Waals surface area contributed by atoms with Crippen LogP contribution in [0.3, 0.4) is 0 Å². The van der Waals surface area contributed by atoms with E-state index < -0.39 is 6.09 Å². The molecular formula is C11H19NO2. The van der Waals surface area contributed by atoms with E-state index >= 15 is 0 Å². The molecule has 2 rings (SSSR count). The van der Waals surface area contributed by atoms with Gasteiger partial charge >= 0.3 is 6.09 Å². The Morgan fingerprint density at radius 1 is 1.50 bits per heavy atom. The maximum Gasteiger partial charge on any atom is 0.404 e. The van der Waals surface area contributed by atoms with Crippen LogP contribution in [-0.2, 0) is 0 Å². The Kier molecular flexibility index (Phi) is 1.85. The highest BCUT2D eigenvalue weighted by molar-refractivity contribution is 5.66. The largest absolute Gasteiger partial charge is 0.465 e. The standard InChI is InChI=1S/C11H19NO2/c1-10(2,3)11-6-4-5-7(11)8(11)12-9(13)14/h7-8,12H,4-6H2,1-3H3,(H,13,14)/t7-,8-,11+/m1/s1. The first-order valence-electron chi connectivity index (χ1n) is 5.39. The van der Waals surface area contributed by atoms with Crippen LogP contribution in [0.4, 0.5) is 4.79 Å². The second kappa shape index (κ2) is 2.65. The van der Waals surface area contributed by atoms with E-state index in [-0.39, 0.29) is 16.9 Å². The molecule has 0 unspecified atom stereocenters. The van der Waals surface area contributed by atoms with Crippen LogP contribution in [0.15, 0.2) is 0 Å². The monoisotopic (exact) mass is 197 g/mol. The number of fused-ring (bicyclic) bond motifs is 1. The summed E-state index contributed by atoms with van der Waals surface area (Å²) in [7, 11) is 0. The molecule has 0 bridgehead atoms. The molecule has 0 aromatic heterocycles. The first kappa shape index (κ1) is 9.81. The Morgan fingerprint density at radius 3 is 2.57 bits per heavy atom. The molecule has 1 amide bonds. The molecule has 0 heterocycles. The van der Waals surface area contributed by atoms with Gasteiger partial charge in [-0.3, -0.25) is 0 Å². The average Bonchev–Trinajstić information content (AvgIpc) is 2.48. The van der Waals surface area contributed by atoms with Crippen LogP contribution in [0.1, 0.15) is 40.0 Å². The van der Waals surface area contributed by atoms with Gasteiger partial charge in [0.15, 0.2) is 0 Å². The fourth-order valence-corrected chi connectivity index (χ4v) is 3.66. The van der Waals surface area contributed by atoms with Gasteiger partial charge in [0, 0.05) is 11.5 Å².